The number of ether oxygens (including phenoxy) is 2. The normalized spacial score (nSPS) is 20.6. The second-order valence-electron chi connectivity index (χ2n) is 8.38. The fourth-order valence-electron chi connectivity index (χ4n) is 3.48. The summed E-state index contributed by atoms with van der Waals surface area (Å²) in [5.74, 6) is 0.498. The van der Waals surface area contributed by atoms with Crippen molar-refractivity contribution >= 4 is 12.0 Å². The predicted octanol–water partition coefficient (Wildman–Crippen LogP) is 2.86. The predicted molar refractivity (Wildman–Crippen MR) is 106 cm³/mol. The van der Waals surface area contributed by atoms with E-state index in [0.717, 1.165) is 22.4 Å². The molecule has 156 valence electrons. The molecule has 0 aliphatic carbocycles. The number of hydrogen-bond donors (Lipinski definition) is 2. The zero-order valence-electron chi connectivity index (χ0n) is 17.8. The number of hydrogen-bond acceptors (Lipinski definition) is 5. The summed E-state index contributed by atoms with van der Waals surface area (Å²) in [6.07, 6.45) is -1.14. The first kappa shape index (κ1) is 22.0. The number of aliphatic hydroxyl groups is 1. The maximum absolute atomic E-state index is 12.9. The molecule has 7 heteroatoms. The highest BCUT2D eigenvalue weighted by atomic mass is 16.6. The van der Waals surface area contributed by atoms with E-state index in [9.17, 15) is 14.7 Å². The van der Waals surface area contributed by atoms with Crippen LogP contribution in [0.2, 0.25) is 0 Å². The summed E-state index contributed by atoms with van der Waals surface area (Å²) in [4.78, 5) is 26.6. The van der Waals surface area contributed by atoms with E-state index in [1.54, 1.807) is 27.9 Å². The van der Waals surface area contributed by atoms with Crippen LogP contribution in [0.3, 0.4) is 0 Å². The van der Waals surface area contributed by atoms with E-state index in [4.69, 9.17) is 9.47 Å². The van der Waals surface area contributed by atoms with Crippen LogP contribution in [0.25, 0.3) is 0 Å². The third-order valence-corrected chi connectivity index (χ3v) is 5.03. The van der Waals surface area contributed by atoms with Gasteiger partial charge >= 0.3 is 6.09 Å². The zero-order chi connectivity index (χ0) is 21.2. The first-order chi connectivity index (χ1) is 12.9. The molecule has 1 aliphatic rings. The van der Waals surface area contributed by atoms with Gasteiger partial charge < -0.3 is 19.9 Å². The van der Waals surface area contributed by atoms with Crippen LogP contribution in [-0.4, -0.2) is 53.4 Å². The number of amides is 2. The molecule has 1 aromatic carbocycles. The Morgan fingerprint density at radius 1 is 1.25 bits per heavy atom. The molecule has 0 aromatic heterocycles. The van der Waals surface area contributed by atoms with Gasteiger partial charge in [0.15, 0.2) is 0 Å². The highest BCUT2D eigenvalue weighted by molar-refractivity contribution is 5.86. The Balaban J connectivity index is 2.14. The number of carbonyl (C=O) groups excluding carboxylic acids is 2. The molecule has 1 aromatic rings. The minimum absolute atomic E-state index is 0.0854. The quantitative estimate of drug-likeness (QED) is 0.823. The highest BCUT2D eigenvalue weighted by Gasteiger charge is 2.41. The smallest absolute Gasteiger partial charge is 0.411 e. The molecule has 1 saturated heterocycles. The minimum atomic E-state index is -0.757. The summed E-state index contributed by atoms with van der Waals surface area (Å²) in [6, 6.07) is 2.80. The Labute approximate surface area is 167 Å². The fraction of sp³-hybridized carbons (Fsp3) is 0.619. The van der Waals surface area contributed by atoms with Gasteiger partial charge in [-0.1, -0.05) is 6.07 Å². The van der Waals surface area contributed by atoms with E-state index in [-0.39, 0.29) is 24.9 Å². The number of likely N-dealkylation sites (tertiary alicyclic amines) is 1. The van der Waals surface area contributed by atoms with Gasteiger partial charge in [-0.25, -0.2) is 4.79 Å². The average molecular weight is 392 g/mol. The second-order valence-corrected chi connectivity index (χ2v) is 8.38. The van der Waals surface area contributed by atoms with Crippen molar-refractivity contribution in [1.82, 2.24) is 10.2 Å². The van der Waals surface area contributed by atoms with E-state index in [1.165, 1.54) is 4.90 Å². The van der Waals surface area contributed by atoms with Gasteiger partial charge in [-0.05, 0) is 64.3 Å². The second kappa shape index (κ2) is 8.39. The Kier molecular flexibility index (Phi) is 6.59. The molecular weight excluding hydrogens is 360 g/mol. The maximum Gasteiger partial charge on any atom is 0.411 e. The van der Waals surface area contributed by atoms with Gasteiger partial charge in [-0.2, -0.15) is 0 Å². The number of methoxy groups -OCH3 is 1. The number of nitrogens with zero attached hydrogens (tertiary/aromatic N) is 1. The van der Waals surface area contributed by atoms with Crippen molar-refractivity contribution in [3.8, 4) is 5.75 Å². The number of rotatable bonds is 4. The van der Waals surface area contributed by atoms with Crippen molar-refractivity contribution in [2.24, 2.45) is 0 Å². The van der Waals surface area contributed by atoms with E-state index >= 15 is 0 Å². The Morgan fingerprint density at radius 2 is 1.89 bits per heavy atom. The van der Waals surface area contributed by atoms with Gasteiger partial charge in [0.05, 0.1) is 25.8 Å². The highest BCUT2D eigenvalue weighted by Crippen LogP contribution is 2.28. The van der Waals surface area contributed by atoms with E-state index < -0.39 is 23.8 Å². The van der Waals surface area contributed by atoms with Crippen LogP contribution in [0, 0.1) is 13.8 Å². The lowest BCUT2D eigenvalue weighted by molar-refractivity contribution is -0.126. The van der Waals surface area contributed by atoms with Gasteiger partial charge in [0.2, 0.25) is 5.91 Å². The third kappa shape index (κ3) is 4.95. The largest absolute Gasteiger partial charge is 0.496 e. The summed E-state index contributed by atoms with van der Waals surface area (Å²) in [6.45, 7) is 11.2. The van der Waals surface area contributed by atoms with Crippen molar-refractivity contribution in [1.29, 1.82) is 0 Å². The molecule has 2 rings (SSSR count). The van der Waals surface area contributed by atoms with Gasteiger partial charge in [0, 0.05) is 6.42 Å². The van der Waals surface area contributed by atoms with Gasteiger partial charge in [0.1, 0.15) is 17.4 Å². The van der Waals surface area contributed by atoms with Crippen molar-refractivity contribution in [2.75, 3.05) is 13.7 Å². The van der Waals surface area contributed by atoms with Crippen LogP contribution in [0.5, 0.6) is 5.75 Å². The lowest BCUT2D eigenvalue weighted by atomic mass is 9.97. The molecule has 0 radical (unpaired) electrons. The lowest BCUT2D eigenvalue weighted by Crippen LogP contribution is -2.48. The van der Waals surface area contributed by atoms with Gasteiger partial charge in [-0.15, -0.1) is 0 Å². The van der Waals surface area contributed by atoms with Crippen LogP contribution in [0.4, 0.5) is 4.79 Å². The fourth-order valence-corrected chi connectivity index (χ4v) is 3.48. The molecular formula is C21H32N2O5. The third-order valence-electron chi connectivity index (χ3n) is 5.03. The van der Waals surface area contributed by atoms with Crippen LogP contribution in [-0.2, 0) is 9.53 Å². The number of carbonyl (C=O) groups is 2. The summed E-state index contributed by atoms with van der Waals surface area (Å²) in [7, 11) is 1.63. The van der Waals surface area contributed by atoms with Crippen molar-refractivity contribution in [3.63, 3.8) is 0 Å². The summed E-state index contributed by atoms with van der Waals surface area (Å²) in [5, 5.41) is 13.0. The van der Waals surface area contributed by atoms with E-state index in [0.29, 0.717) is 0 Å². The molecule has 1 heterocycles. The zero-order valence-corrected chi connectivity index (χ0v) is 17.8. The van der Waals surface area contributed by atoms with Gasteiger partial charge in [-0.3, -0.25) is 9.69 Å². The van der Waals surface area contributed by atoms with E-state index in [2.05, 4.69) is 5.32 Å². The Morgan fingerprint density at radius 3 is 2.46 bits per heavy atom. The average Bonchev–Trinajstić information content (AvgIpc) is 2.98. The molecule has 7 nitrogen and oxygen atoms in total. The SMILES string of the molecule is COc1ccc([C@H](C)NC(=O)[C@@H]2C[C@@H](O)CN2C(=O)OC(C)(C)C)c(C)c1C. The Bertz CT molecular complexity index is 741. The lowest BCUT2D eigenvalue weighted by Gasteiger charge is -2.29. The van der Waals surface area contributed by atoms with Crippen molar-refractivity contribution in [2.45, 2.75) is 71.8 Å². The molecule has 1 aliphatic heterocycles. The van der Waals surface area contributed by atoms with Gasteiger partial charge in [0.25, 0.3) is 0 Å². The van der Waals surface area contributed by atoms with Crippen LogP contribution in [0.15, 0.2) is 12.1 Å². The summed E-state index contributed by atoms with van der Waals surface area (Å²) >= 11 is 0. The summed E-state index contributed by atoms with van der Waals surface area (Å²) in [5.41, 5.74) is 2.38. The molecule has 0 unspecified atom stereocenters. The number of β-amino-alcohol motifs (C(OH)–C–C–N with tert-alkyl or cyclic N) is 1. The van der Waals surface area contributed by atoms with E-state index in [1.807, 2.05) is 32.9 Å². The standard InChI is InChI=1S/C21H32N2O5/c1-12-13(2)18(27-7)9-8-16(12)14(3)22-19(25)17-10-15(24)11-23(17)20(26)28-21(4,5)6/h8-9,14-15,17,24H,10-11H2,1-7H3,(H,22,25)/t14-,15+,17-/m0/s1. The number of benzene rings is 1. The number of nitrogens with one attached hydrogen (secondary N) is 1. The minimum Gasteiger partial charge on any atom is -0.496 e. The summed E-state index contributed by atoms with van der Waals surface area (Å²) < 4.78 is 10.7. The van der Waals surface area contributed by atoms with Crippen molar-refractivity contribution in [3.05, 3.63) is 28.8 Å². The molecule has 2 N–H and O–H groups in total. The first-order valence-electron chi connectivity index (χ1n) is 9.56. The molecule has 1 fully saturated rings. The number of aliphatic hydroxyl groups excluding tert-OH is 1. The molecule has 0 spiro atoms. The van der Waals surface area contributed by atoms with Crippen LogP contribution >= 0.6 is 0 Å². The molecule has 3 atom stereocenters. The van der Waals surface area contributed by atoms with Crippen LogP contribution < -0.4 is 10.1 Å². The Hall–Kier alpha value is -2.28. The first-order valence-corrected chi connectivity index (χ1v) is 9.56. The molecule has 0 saturated carbocycles. The molecule has 2 amide bonds. The van der Waals surface area contributed by atoms with Crippen molar-refractivity contribution < 1.29 is 24.2 Å². The topological polar surface area (TPSA) is 88.1 Å². The monoisotopic (exact) mass is 392 g/mol. The molecule has 0 bridgehead atoms. The molecule has 28 heavy (non-hydrogen) atoms. The maximum atomic E-state index is 12.9. The van der Waals surface area contributed by atoms with Crippen LogP contribution in [0.1, 0.15) is 56.8 Å².